The first-order valence-corrected chi connectivity index (χ1v) is 7.34. The fraction of sp³-hybridized carbons (Fsp3) is 0.455. The van der Waals surface area contributed by atoms with Gasteiger partial charge in [0.25, 0.3) is 0 Å². The predicted octanol–water partition coefficient (Wildman–Crippen LogP) is 2.91. The number of rotatable bonds is 3. The summed E-state index contributed by atoms with van der Waals surface area (Å²) in [5, 5.41) is 0. The molecule has 0 amide bonds. The summed E-state index contributed by atoms with van der Waals surface area (Å²) in [5.74, 6) is -0.594. The molecule has 0 aromatic heterocycles. The number of nitrogens with one attached hydrogen (secondary N) is 1. The molecule has 1 rings (SSSR count). The molecule has 0 unspecified atom stereocenters. The van der Waals surface area contributed by atoms with Crippen LogP contribution in [-0.4, -0.2) is 15.0 Å². The Hall–Kier alpha value is -0.460. The SMILES string of the molecule is CC(C)(C)CNS(=O)(=O)c1ccc(Br)c(F)c1. The number of hydrogen-bond donors (Lipinski definition) is 1. The van der Waals surface area contributed by atoms with E-state index in [2.05, 4.69) is 20.7 Å². The molecule has 1 aromatic carbocycles. The van der Waals surface area contributed by atoms with Crippen LogP contribution in [0.2, 0.25) is 0 Å². The van der Waals surface area contributed by atoms with Crippen molar-refractivity contribution in [3.05, 3.63) is 28.5 Å². The molecule has 0 aliphatic rings. The highest BCUT2D eigenvalue weighted by molar-refractivity contribution is 9.10. The maximum atomic E-state index is 13.2. The lowest BCUT2D eigenvalue weighted by Crippen LogP contribution is -2.32. The third-order valence-corrected chi connectivity index (χ3v) is 4.04. The van der Waals surface area contributed by atoms with Crippen LogP contribution in [0.15, 0.2) is 27.6 Å². The number of hydrogen-bond acceptors (Lipinski definition) is 2. The zero-order valence-corrected chi connectivity index (χ0v) is 12.3. The first-order chi connectivity index (χ1) is 7.62. The molecule has 1 aromatic rings. The average Bonchev–Trinajstić information content (AvgIpc) is 2.18. The lowest BCUT2D eigenvalue weighted by atomic mass is 9.98. The highest BCUT2D eigenvalue weighted by atomic mass is 79.9. The van der Waals surface area contributed by atoms with Crippen LogP contribution in [0, 0.1) is 11.2 Å². The second kappa shape index (κ2) is 5.04. The molecule has 0 aliphatic carbocycles. The van der Waals surface area contributed by atoms with E-state index in [-0.39, 0.29) is 14.8 Å². The van der Waals surface area contributed by atoms with Crippen LogP contribution in [0.25, 0.3) is 0 Å². The zero-order chi connectivity index (χ0) is 13.3. The molecule has 0 saturated heterocycles. The second-order valence-electron chi connectivity index (χ2n) is 4.96. The fourth-order valence-electron chi connectivity index (χ4n) is 1.04. The van der Waals surface area contributed by atoms with Crippen LogP contribution >= 0.6 is 15.9 Å². The zero-order valence-electron chi connectivity index (χ0n) is 9.92. The van der Waals surface area contributed by atoms with Crippen molar-refractivity contribution in [1.29, 1.82) is 0 Å². The van der Waals surface area contributed by atoms with Crippen molar-refractivity contribution in [3.8, 4) is 0 Å². The highest BCUT2D eigenvalue weighted by Gasteiger charge is 2.19. The second-order valence-corrected chi connectivity index (χ2v) is 7.58. The topological polar surface area (TPSA) is 46.2 Å². The van der Waals surface area contributed by atoms with Gasteiger partial charge in [0.15, 0.2) is 0 Å². The summed E-state index contributed by atoms with van der Waals surface area (Å²) >= 11 is 2.98. The fourth-order valence-corrected chi connectivity index (χ4v) is 2.58. The van der Waals surface area contributed by atoms with Gasteiger partial charge in [0.1, 0.15) is 5.82 Å². The van der Waals surface area contributed by atoms with Gasteiger partial charge in [-0.05, 0) is 39.5 Å². The third-order valence-electron chi connectivity index (χ3n) is 1.99. The summed E-state index contributed by atoms with van der Waals surface area (Å²) in [4.78, 5) is -0.0672. The number of sulfonamides is 1. The normalized spacial score (nSPS) is 12.8. The van der Waals surface area contributed by atoms with Crippen LogP contribution in [0.1, 0.15) is 20.8 Å². The van der Waals surface area contributed by atoms with Crippen LogP contribution in [0.3, 0.4) is 0 Å². The van der Waals surface area contributed by atoms with E-state index in [1.807, 2.05) is 20.8 Å². The van der Waals surface area contributed by atoms with Gasteiger partial charge < -0.3 is 0 Å². The first kappa shape index (κ1) is 14.6. The molecule has 6 heteroatoms. The van der Waals surface area contributed by atoms with E-state index in [1.165, 1.54) is 12.1 Å². The van der Waals surface area contributed by atoms with Crippen molar-refractivity contribution < 1.29 is 12.8 Å². The van der Waals surface area contributed by atoms with E-state index >= 15 is 0 Å². The van der Waals surface area contributed by atoms with Gasteiger partial charge in [0.2, 0.25) is 10.0 Å². The summed E-state index contributed by atoms with van der Waals surface area (Å²) in [7, 11) is -3.64. The van der Waals surface area contributed by atoms with Gasteiger partial charge in [-0.2, -0.15) is 0 Å². The van der Waals surface area contributed by atoms with Crippen LogP contribution in [0.4, 0.5) is 4.39 Å². The van der Waals surface area contributed by atoms with Crippen molar-refractivity contribution in [2.75, 3.05) is 6.54 Å². The predicted molar refractivity (Wildman–Crippen MR) is 68.7 cm³/mol. The van der Waals surface area contributed by atoms with Crippen molar-refractivity contribution in [1.82, 2.24) is 4.72 Å². The molecule has 0 heterocycles. The molecule has 0 aliphatic heterocycles. The largest absolute Gasteiger partial charge is 0.240 e. The maximum Gasteiger partial charge on any atom is 0.240 e. The summed E-state index contributed by atoms with van der Waals surface area (Å²) < 4.78 is 39.6. The summed E-state index contributed by atoms with van der Waals surface area (Å²) in [6, 6.07) is 3.73. The average molecular weight is 324 g/mol. The molecule has 0 atom stereocenters. The molecule has 0 saturated carbocycles. The van der Waals surface area contributed by atoms with Crippen LogP contribution < -0.4 is 4.72 Å². The minimum absolute atomic E-state index is 0.0672. The van der Waals surface area contributed by atoms with E-state index in [4.69, 9.17) is 0 Å². The molecule has 0 bridgehead atoms. The van der Waals surface area contributed by atoms with Crippen molar-refractivity contribution in [2.45, 2.75) is 25.7 Å². The standard InChI is InChI=1S/C11H15BrFNO2S/c1-11(2,3)7-14-17(15,16)8-4-5-9(12)10(13)6-8/h4-6,14H,7H2,1-3H3. The number of halogens is 2. The molecule has 3 nitrogen and oxygen atoms in total. The molecule has 1 N–H and O–H groups in total. The summed E-state index contributed by atoms with van der Waals surface area (Å²) in [6.07, 6.45) is 0. The Morgan fingerprint density at radius 3 is 2.41 bits per heavy atom. The molecule has 0 fully saturated rings. The van der Waals surface area contributed by atoms with Crippen LogP contribution in [-0.2, 0) is 10.0 Å². The van der Waals surface area contributed by atoms with E-state index < -0.39 is 15.8 Å². The molecular weight excluding hydrogens is 309 g/mol. The Morgan fingerprint density at radius 1 is 1.35 bits per heavy atom. The Kier molecular flexibility index (Phi) is 4.33. The summed E-state index contributed by atoms with van der Waals surface area (Å²) in [6.45, 7) is 6.04. The monoisotopic (exact) mass is 323 g/mol. The van der Waals surface area contributed by atoms with Gasteiger partial charge in [0, 0.05) is 6.54 Å². The Bertz CT molecular complexity index is 509. The van der Waals surface area contributed by atoms with Gasteiger partial charge in [0.05, 0.1) is 9.37 Å². The maximum absolute atomic E-state index is 13.2. The smallest absolute Gasteiger partial charge is 0.211 e. The van der Waals surface area contributed by atoms with Gasteiger partial charge in [-0.15, -0.1) is 0 Å². The lowest BCUT2D eigenvalue weighted by Gasteiger charge is -2.18. The van der Waals surface area contributed by atoms with Crippen molar-refractivity contribution in [2.24, 2.45) is 5.41 Å². The summed E-state index contributed by atoms with van der Waals surface area (Å²) in [5.41, 5.74) is -0.166. The minimum Gasteiger partial charge on any atom is -0.211 e. The van der Waals surface area contributed by atoms with Gasteiger partial charge in [-0.25, -0.2) is 17.5 Å². The Balaban J connectivity index is 2.94. The van der Waals surface area contributed by atoms with E-state index in [0.717, 1.165) is 6.07 Å². The van der Waals surface area contributed by atoms with E-state index in [9.17, 15) is 12.8 Å². The quantitative estimate of drug-likeness (QED) is 0.929. The molecule has 0 radical (unpaired) electrons. The highest BCUT2D eigenvalue weighted by Crippen LogP contribution is 2.20. The Labute approximate surface area is 110 Å². The van der Waals surface area contributed by atoms with Crippen molar-refractivity contribution in [3.63, 3.8) is 0 Å². The van der Waals surface area contributed by atoms with E-state index in [0.29, 0.717) is 6.54 Å². The minimum atomic E-state index is -3.64. The van der Waals surface area contributed by atoms with E-state index in [1.54, 1.807) is 0 Å². The third kappa shape index (κ3) is 4.37. The lowest BCUT2D eigenvalue weighted by molar-refractivity contribution is 0.407. The van der Waals surface area contributed by atoms with Crippen molar-refractivity contribution >= 4 is 26.0 Å². The first-order valence-electron chi connectivity index (χ1n) is 5.06. The number of benzene rings is 1. The molecule has 96 valence electrons. The molecule has 0 spiro atoms. The van der Waals surface area contributed by atoms with Gasteiger partial charge in [-0.1, -0.05) is 20.8 Å². The van der Waals surface area contributed by atoms with Gasteiger partial charge >= 0.3 is 0 Å². The molecular formula is C11H15BrFNO2S. The molecule has 17 heavy (non-hydrogen) atoms. The Morgan fingerprint density at radius 2 is 1.94 bits per heavy atom. The van der Waals surface area contributed by atoms with Gasteiger partial charge in [-0.3, -0.25) is 0 Å². The van der Waals surface area contributed by atoms with Crippen LogP contribution in [0.5, 0.6) is 0 Å².